The molecule has 0 saturated carbocycles. The fourth-order valence-corrected chi connectivity index (χ4v) is 1.70. The lowest BCUT2D eigenvalue weighted by Crippen LogP contribution is -2.38. The number of anilines is 1. The minimum absolute atomic E-state index is 0.0597. The van der Waals surface area contributed by atoms with Crippen molar-refractivity contribution < 1.29 is 4.79 Å². The number of pyridine rings is 1. The maximum atomic E-state index is 12.1. The second kappa shape index (κ2) is 6.59. The van der Waals surface area contributed by atoms with Crippen molar-refractivity contribution >= 4 is 11.6 Å². The van der Waals surface area contributed by atoms with Crippen LogP contribution in [-0.4, -0.2) is 28.5 Å². The lowest BCUT2D eigenvalue weighted by molar-refractivity contribution is -0.132. The number of likely N-dealkylation sites (N-methyl/N-ethyl adjacent to an activating group) is 1. The van der Waals surface area contributed by atoms with E-state index in [1.165, 1.54) is 22.9 Å². The zero-order chi connectivity index (χ0) is 14.4. The fraction of sp³-hybridized carbons (Fsp3) is 0.462. The topological polar surface area (TPSA) is 92.1 Å². The van der Waals surface area contributed by atoms with Crippen molar-refractivity contribution in [2.24, 2.45) is 5.92 Å². The first-order valence-corrected chi connectivity index (χ1v) is 6.11. The predicted octanol–water partition coefficient (Wildman–Crippen LogP) is 0.439. The molecule has 1 aromatic heterocycles. The van der Waals surface area contributed by atoms with E-state index in [0.29, 0.717) is 18.8 Å². The monoisotopic (exact) mass is 262 g/mol. The van der Waals surface area contributed by atoms with E-state index in [1.807, 2.05) is 6.92 Å². The molecule has 0 spiro atoms. The van der Waals surface area contributed by atoms with Gasteiger partial charge >= 0.3 is 0 Å². The Labute approximate surface area is 112 Å². The molecule has 102 valence electrons. The van der Waals surface area contributed by atoms with Crippen LogP contribution < -0.4 is 11.3 Å². The molecular formula is C13H18N4O2. The maximum Gasteiger partial charge on any atom is 0.251 e. The first-order valence-electron chi connectivity index (χ1n) is 6.11. The Morgan fingerprint density at radius 2 is 2.26 bits per heavy atom. The summed E-state index contributed by atoms with van der Waals surface area (Å²) in [5.74, 6) is -0.432. The van der Waals surface area contributed by atoms with Gasteiger partial charge in [0.2, 0.25) is 5.91 Å². The highest BCUT2D eigenvalue weighted by Crippen LogP contribution is 2.02. The molecule has 0 radical (unpaired) electrons. The van der Waals surface area contributed by atoms with E-state index < -0.39 is 0 Å². The molecule has 0 aliphatic carbocycles. The Morgan fingerprint density at radius 1 is 1.58 bits per heavy atom. The number of nitriles is 1. The number of carbonyl (C=O) groups excluding carboxylic acids is 1. The van der Waals surface area contributed by atoms with Crippen molar-refractivity contribution in [2.45, 2.75) is 20.4 Å². The van der Waals surface area contributed by atoms with Crippen LogP contribution in [0.4, 0.5) is 5.69 Å². The van der Waals surface area contributed by atoms with Gasteiger partial charge in [0.25, 0.3) is 5.56 Å². The van der Waals surface area contributed by atoms with E-state index in [-0.39, 0.29) is 23.9 Å². The summed E-state index contributed by atoms with van der Waals surface area (Å²) < 4.78 is 1.28. The Kier molecular flexibility index (Phi) is 5.12. The molecule has 1 atom stereocenters. The van der Waals surface area contributed by atoms with Gasteiger partial charge in [-0.25, -0.2) is 0 Å². The third kappa shape index (κ3) is 4.14. The number of rotatable bonds is 5. The van der Waals surface area contributed by atoms with E-state index in [0.717, 1.165) is 0 Å². The number of nitrogen functional groups attached to an aromatic ring is 1. The quantitative estimate of drug-likeness (QED) is 0.833. The molecule has 1 amide bonds. The maximum absolute atomic E-state index is 12.1. The van der Waals surface area contributed by atoms with Crippen LogP contribution in [0.2, 0.25) is 0 Å². The summed E-state index contributed by atoms with van der Waals surface area (Å²) in [6, 6.07) is 4.92. The molecule has 0 aliphatic heterocycles. The molecule has 0 bridgehead atoms. The fourth-order valence-electron chi connectivity index (χ4n) is 1.70. The lowest BCUT2D eigenvalue weighted by Gasteiger charge is -2.22. The molecule has 1 aromatic rings. The van der Waals surface area contributed by atoms with E-state index in [9.17, 15) is 9.59 Å². The Hall–Kier alpha value is -2.29. The van der Waals surface area contributed by atoms with Crippen LogP contribution >= 0.6 is 0 Å². The highest BCUT2D eigenvalue weighted by atomic mass is 16.2. The SMILES string of the molecule is CCN(CC(C)C#N)C(=O)Cn1cc(N)ccc1=O. The van der Waals surface area contributed by atoms with Gasteiger partial charge < -0.3 is 15.2 Å². The van der Waals surface area contributed by atoms with Crippen LogP contribution in [0, 0.1) is 17.2 Å². The highest BCUT2D eigenvalue weighted by molar-refractivity contribution is 5.76. The van der Waals surface area contributed by atoms with Gasteiger partial charge in [-0.05, 0) is 19.9 Å². The number of nitrogens with zero attached hydrogens (tertiary/aromatic N) is 3. The van der Waals surface area contributed by atoms with Gasteiger partial charge in [-0.3, -0.25) is 9.59 Å². The Morgan fingerprint density at radius 3 is 2.84 bits per heavy atom. The van der Waals surface area contributed by atoms with Gasteiger partial charge in [0.1, 0.15) is 6.54 Å². The third-order valence-electron chi connectivity index (χ3n) is 2.76. The number of hydrogen-bond donors (Lipinski definition) is 1. The Balaban J connectivity index is 2.80. The van der Waals surface area contributed by atoms with Crippen molar-refractivity contribution in [3.8, 4) is 6.07 Å². The summed E-state index contributed by atoms with van der Waals surface area (Å²) in [4.78, 5) is 25.2. The van der Waals surface area contributed by atoms with E-state index in [2.05, 4.69) is 6.07 Å². The summed E-state index contributed by atoms with van der Waals surface area (Å²) in [6.45, 7) is 4.40. The van der Waals surface area contributed by atoms with Crippen molar-refractivity contribution in [3.05, 3.63) is 28.7 Å². The summed E-state index contributed by atoms with van der Waals surface area (Å²) in [6.07, 6.45) is 1.45. The van der Waals surface area contributed by atoms with Crippen molar-refractivity contribution in [2.75, 3.05) is 18.8 Å². The van der Waals surface area contributed by atoms with Crippen LogP contribution in [0.25, 0.3) is 0 Å². The average molecular weight is 262 g/mol. The molecule has 0 fully saturated rings. The van der Waals surface area contributed by atoms with Gasteiger partial charge in [0.05, 0.1) is 12.0 Å². The zero-order valence-electron chi connectivity index (χ0n) is 11.2. The zero-order valence-corrected chi connectivity index (χ0v) is 11.2. The first kappa shape index (κ1) is 14.8. The molecular weight excluding hydrogens is 244 g/mol. The van der Waals surface area contributed by atoms with Crippen LogP contribution in [0.3, 0.4) is 0 Å². The normalized spacial score (nSPS) is 11.6. The Bertz CT molecular complexity index is 544. The van der Waals surface area contributed by atoms with Crippen LogP contribution in [0.15, 0.2) is 23.1 Å². The van der Waals surface area contributed by atoms with Crippen LogP contribution in [0.5, 0.6) is 0 Å². The molecule has 6 nitrogen and oxygen atoms in total. The predicted molar refractivity (Wildman–Crippen MR) is 72.1 cm³/mol. The average Bonchev–Trinajstić information content (AvgIpc) is 2.39. The number of aromatic nitrogens is 1. The largest absolute Gasteiger partial charge is 0.398 e. The number of carbonyl (C=O) groups is 1. The number of hydrogen-bond acceptors (Lipinski definition) is 4. The molecule has 1 unspecified atom stereocenters. The summed E-state index contributed by atoms with van der Waals surface area (Å²) >= 11 is 0. The molecule has 1 heterocycles. The minimum Gasteiger partial charge on any atom is -0.398 e. The van der Waals surface area contributed by atoms with Gasteiger partial charge in [0.15, 0.2) is 0 Å². The third-order valence-corrected chi connectivity index (χ3v) is 2.76. The molecule has 19 heavy (non-hydrogen) atoms. The van der Waals surface area contributed by atoms with Crippen LogP contribution in [-0.2, 0) is 11.3 Å². The van der Waals surface area contributed by atoms with Gasteiger partial charge in [-0.15, -0.1) is 0 Å². The molecule has 2 N–H and O–H groups in total. The molecule has 0 saturated heterocycles. The summed E-state index contributed by atoms with van der Waals surface area (Å²) in [5, 5.41) is 8.77. The smallest absolute Gasteiger partial charge is 0.251 e. The number of nitrogens with two attached hydrogens (primary N) is 1. The van der Waals surface area contributed by atoms with E-state index >= 15 is 0 Å². The summed E-state index contributed by atoms with van der Waals surface area (Å²) in [5.41, 5.74) is 5.75. The van der Waals surface area contributed by atoms with Crippen molar-refractivity contribution in [3.63, 3.8) is 0 Å². The minimum atomic E-state index is -0.271. The van der Waals surface area contributed by atoms with Crippen LogP contribution in [0.1, 0.15) is 13.8 Å². The standard InChI is InChI=1S/C13H18N4O2/c1-3-16(7-10(2)6-14)13(19)9-17-8-11(15)4-5-12(17)18/h4-5,8,10H,3,7,9,15H2,1-2H3. The first-order chi connectivity index (χ1) is 8.97. The van der Waals surface area contributed by atoms with Gasteiger partial charge in [-0.1, -0.05) is 0 Å². The molecule has 0 aliphatic rings. The van der Waals surface area contributed by atoms with E-state index in [4.69, 9.17) is 11.0 Å². The van der Waals surface area contributed by atoms with Crippen molar-refractivity contribution in [1.29, 1.82) is 5.26 Å². The second-order valence-corrected chi connectivity index (χ2v) is 4.39. The second-order valence-electron chi connectivity index (χ2n) is 4.39. The van der Waals surface area contributed by atoms with E-state index in [1.54, 1.807) is 11.8 Å². The van der Waals surface area contributed by atoms with Crippen molar-refractivity contribution in [1.82, 2.24) is 9.47 Å². The summed E-state index contributed by atoms with van der Waals surface area (Å²) in [7, 11) is 0. The highest BCUT2D eigenvalue weighted by Gasteiger charge is 2.15. The lowest BCUT2D eigenvalue weighted by atomic mass is 10.2. The number of amides is 1. The van der Waals surface area contributed by atoms with Gasteiger partial charge in [0, 0.05) is 31.0 Å². The molecule has 1 rings (SSSR count). The molecule has 0 aromatic carbocycles. The molecule has 6 heteroatoms. The van der Waals surface area contributed by atoms with Gasteiger partial charge in [-0.2, -0.15) is 5.26 Å².